The fourth-order valence-electron chi connectivity index (χ4n) is 1.43. The fraction of sp³-hybridized carbons (Fsp3) is 0.455. The molecule has 92 valence electrons. The number of nitrogens with zero attached hydrogens (tertiary/aromatic N) is 3. The molecule has 2 heterocycles. The van der Waals surface area contributed by atoms with Crippen LogP contribution in [0.5, 0.6) is 5.75 Å². The molecule has 1 N–H and O–H groups in total. The van der Waals surface area contributed by atoms with E-state index in [1.165, 1.54) is 0 Å². The van der Waals surface area contributed by atoms with Crippen LogP contribution in [0.25, 0.3) is 0 Å². The Morgan fingerprint density at radius 3 is 3.12 bits per heavy atom. The molecule has 0 aromatic carbocycles. The van der Waals surface area contributed by atoms with E-state index in [-0.39, 0.29) is 0 Å². The quantitative estimate of drug-likeness (QED) is 0.816. The summed E-state index contributed by atoms with van der Waals surface area (Å²) in [5, 5.41) is 11.0. The minimum Gasteiger partial charge on any atom is -0.482 e. The molecule has 2 rings (SSSR count). The molecule has 0 atom stereocenters. The SMILES string of the molecule is CCn1cc(OCc2cc(CNC)no2)cn1. The van der Waals surface area contributed by atoms with Crippen molar-refractivity contribution in [3.8, 4) is 5.75 Å². The number of nitrogens with one attached hydrogen (secondary N) is 1. The molecule has 0 spiro atoms. The van der Waals surface area contributed by atoms with Crippen LogP contribution in [0.15, 0.2) is 23.0 Å². The summed E-state index contributed by atoms with van der Waals surface area (Å²) in [4.78, 5) is 0. The first-order chi connectivity index (χ1) is 8.31. The molecule has 0 aliphatic rings. The molecule has 0 fully saturated rings. The van der Waals surface area contributed by atoms with Crippen molar-refractivity contribution in [3.05, 3.63) is 29.9 Å². The van der Waals surface area contributed by atoms with E-state index in [2.05, 4.69) is 15.6 Å². The molecule has 0 radical (unpaired) electrons. The monoisotopic (exact) mass is 236 g/mol. The molecule has 0 saturated carbocycles. The summed E-state index contributed by atoms with van der Waals surface area (Å²) < 4.78 is 12.5. The van der Waals surface area contributed by atoms with Crippen molar-refractivity contribution in [3.63, 3.8) is 0 Å². The van der Waals surface area contributed by atoms with Gasteiger partial charge in [-0.05, 0) is 14.0 Å². The maximum Gasteiger partial charge on any atom is 0.174 e. The summed E-state index contributed by atoms with van der Waals surface area (Å²) >= 11 is 0. The van der Waals surface area contributed by atoms with Gasteiger partial charge in [0.25, 0.3) is 0 Å². The van der Waals surface area contributed by atoms with Crippen molar-refractivity contribution < 1.29 is 9.26 Å². The van der Waals surface area contributed by atoms with Crippen LogP contribution in [-0.2, 0) is 19.7 Å². The Hall–Kier alpha value is -1.82. The lowest BCUT2D eigenvalue weighted by atomic mass is 10.4. The topological polar surface area (TPSA) is 65.1 Å². The molecule has 17 heavy (non-hydrogen) atoms. The standard InChI is InChI=1S/C11H16N4O2/c1-3-15-7-11(6-13-15)16-8-10-4-9(5-12-2)14-17-10/h4,6-7,12H,3,5,8H2,1-2H3. The van der Waals surface area contributed by atoms with Gasteiger partial charge in [0.1, 0.15) is 6.61 Å². The summed E-state index contributed by atoms with van der Waals surface area (Å²) in [6.45, 7) is 3.92. The highest BCUT2D eigenvalue weighted by Crippen LogP contribution is 2.12. The Bertz CT molecular complexity index is 463. The minimum absolute atomic E-state index is 0.367. The molecule has 0 saturated heterocycles. The maximum atomic E-state index is 5.53. The van der Waals surface area contributed by atoms with Gasteiger partial charge in [-0.2, -0.15) is 5.10 Å². The number of aryl methyl sites for hydroxylation is 1. The van der Waals surface area contributed by atoms with Gasteiger partial charge in [0.2, 0.25) is 0 Å². The minimum atomic E-state index is 0.367. The predicted octanol–water partition coefficient (Wildman–Crippen LogP) is 1.19. The summed E-state index contributed by atoms with van der Waals surface area (Å²) in [6.07, 6.45) is 3.54. The normalized spacial score (nSPS) is 10.7. The highest BCUT2D eigenvalue weighted by atomic mass is 16.5. The Labute approximate surface area is 99.5 Å². The molecule has 6 heteroatoms. The van der Waals surface area contributed by atoms with Crippen LogP contribution < -0.4 is 10.1 Å². The van der Waals surface area contributed by atoms with Gasteiger partial charge in [0.05, 0.1) is 18.1 Å². The Morgan fingerprint density at radius 2 is 2.41 bits per heavy atom. The average Bonchev–Trinajstić information content (AvgIpc) is 2.95. The largest absolute Gasteiger partial charge is 0.482 e. The molecule has 2 aromatic rings. The Balaban J connectivity index is 1.88. The third-order valence-electron chi connectivity index (χ3n) is 2.28. The summed E-state index contributed by atoms with van der Waals surface area (Å²) in [7, 11) is 1.87. The average molecular weight is 236 g/mol. The van der Waals surface area contributed by atoms with Gasteiger partial charge in [-0.25, -0.2) is 0 Å². The number of hydrogen-bond donors (Lipinski definition) is 1. The first-order valence-electron chi connectivity index (χ1n) is 5.56. The second kappa shape index (κ2) is 5.49. The molecule has 6 nitrogen and oxygen atoms in total. The summed E-state index contributed by atoms with van der Waals surface area (Å²) in [5.74, 6) is 1.44. The second-order valence-electron chi connectivity index (χ2n) is 3.64. The highest BCUT2D eigenvalue weighted by molar-refractivity contribution is 5.12. The van der Waals surface area contributed by atoms with Crippen LogP contribution in [-0.4, -0.2) is 22.0 Å². The van der Waals surface area contributed by atoms with Crippen molar-refractivity contribution in [1.82, 2.24) is 20.3 Å². The zero-order chi connectivity index (χ0) is 12.1. The molecular weight excluding hydrogens is 220 g/mol. The van der Waals surface area contributed by atoms with E-state index in [9.17, 15) is 0 Å². The van der Waals surface area contributed by atoms with E-state index in [0.29, 0.717) is 18.9 Å². The highest BCUT2D eigenvalue weighted by Gasteiger charge is 2.05. The molecular formula is C11H16N4O2. The van der Waals surface area contributed by atoms with Gasteiger partial charge < -0.3 is 14.6 Å². The van der Waals surface area contributed by atoms with E-state index in [1.807, 2.05) is 30.9 Å². The molecule has 0 aliphatic heterocycles. The summed E-state index contributed by atoms with van der Waals surface area (Å²) in [5.41, 5.74) is 0.871. The van der Waals surface area contributed by atoms with Crippen molar-refractivity contribution in [1.29, 1.82) is 0 Å². The van der Waals surface area contributed by atoms with Crippen LogP contribution in [0.2, 0.25) is 0 Å². The predicted molar refractivity (Wildman–Crippen MR) is 61.5 cm³/mol. The van der Waals surface area contributed by atoms with Gasteiger partial charge in [-0.15, -0.1) is 0 Å². The maximum absolute atomic E-state index is 5.53. The zero-order valence-corrected chi connectivity index (χ0v) is 10.0. The number of ether oxygens (including phenoxy) is 1. The fourth-order valence-corrected chi connectivity index (χ4v) is 1.43. The van der Waals surface area contributed by atoms with Crippen LogP contribution in [0, 0.1) is 0 Å². The smallest absolute Gasteiger partial charge is 0.174 e. The molecule has 0 unspecified atom stereocenters. The van der Waals surface area contributed by atoms with Crippen molar-refractivity contribution in [2.24, 2.45) is 0 Å². The van der Waals surface area contributed by atoms with Crippen LogP contribution in [0.4, 0.5) is 0 Å². The van der Waals surface area contributed by atoms with Gasteiger partial charge in [-0.1, -0.05) is 5.16 Å². The van der Waals surface area contributed by atoms with Crippen molar-refractivity contribution in [2.45, 2.75) is 26.6 Å². The van der Waals surface area contributed by atoms with E-state index >= 15 is 0 Å². The van der Waals surface area contributed by atoms with Gasteiger partial charge >= 0.3 is 0 Å². The third kappa shape index (κ3) is 3.07. The lowest BCUT2D eigenvalue weighted by Crippen LogP contribution is -2.04. The van der Waals surface area contributed by atoms with Gasteiger partial charge in [0.15, 0.2) is 11.5 Å². The van der Waals surface area contributed by atoms with E-state index < -0.39 is 0 Å². The molecule has 0 amide bonds. The van der Waals surface area contributed by atoms with Crippen molar-refractivity contribution in [2.75, 3.05) is 7.05 Å². The Kier molecular flexibility index (Phi) is 3.77. The molecule has 2 aromatic heterocycles. The second-order valence-corrected chi connectivity index (χ2v) is 3.64. The Morgan fingerprint density at radius 1 is 1.53 bits per heavy atom. The number of aromatic nitrogens is 3. The van der Waals surface area contributed by atoms with Crippen molar-refractivity contribution >= 4 is 0 Å². The number of rotatable bonds is 6. The third-order valence-corrected chi connectivity index (χ3v) is 2.28. The van der Waals surface area contributed by atoms with E-state index in [4.69, 9.17) is 9.26 Å². The van der Waals surface area contributed by atoms with E-state index in [1.54, 1.807) is 6.20 Å². The first-order valence-corrected chi connectivity index (χ1v) is 5.56. The number of hydrogen-bond acceptors (Lipinski definition) is 5. The van der Waals surface area contributed by atoms with Gasteiger partial charge in [-0.3, -0.25) is 4.68 Å². The summed E-state index contributed by atoms with van der Waals surface area (Å²) in [6, 6.07) is 1.88. The molecule has 0 bridgehead atoms. The first kappa shape index (κ1) is 11.7. The van der Waals surface area contributed by atoms with E-state index in [0.717, 1.165) is 18.0 Å². The van der Waals surface area contributed by atoms with Crippen LogP contribution in [0.1, 0.15) is 18.4 Å². The van der Waals surface area contributed by atoms with Crippen LogP contribution in [0.3, 0.4) is 0 Å². The van der Waals surface area contributed by atoms with Crippen LogP contribution >= 0.6 is 0 Å². The molecule has 0 aliphatic carbocycles. The lowest BCUT2D eigenvalue weighted by Gasteiger charge is -1.98. The van der Waals surface area contributed by atoms with Gasteiger partial charge in [0, 0.05) is 19.2 Å². The zero-order valence-electron chi connectivity index (χ0n) is 10.0. The lowest BCUT2D eigenvalue weighted by molar-refractivity contribution is 0.248.